The van der Waals surface area contributed by atoms with E-state index >= 15 is 0 Å². The summed E-state index contributed by atoms with van der Waals surface area (Å²) >= 11 is 0. The number of nitrogens with zero attached hydrogens (tertiary/aromatic N) is 2. The molecule has 0 unspecified atom stereocenters. The number of aromatic nitrogens is 2. The summed E-state index contributed by atoms with van der Waals surface area (Å²) in [5, 5.41) is 31.9. The van der Waals surface area contributed by atoms with Crippen molar-refractivity contribution in [3.8, 4) is 0 Å². The second kappa shape index (κ2) is 27.1. The van der Waals surface area contributed by atoms with Crippen molar-refractivity contribution in [3.05, 3.63) is 22.7 Å². The lowest BCUT2D eigenvalue weighted by molar-refractivity contribution is -0.116. The van der Waals surface area contributed by atoms with Crippen LogP contribution in [0.5, 0.6) is 0 Å². The molecular formula is C38H69N3O6. The van der Waals surface area contributed by atoms with E-state index in [1.165, 1.54) is 160 Å². The number of hydrogen-bond donors (Lipinski definition) is 4. The molecule has 47 heavy (non-hydrogen) atoms. The predicted octanol–water partition coefficient (Wildman–Crippen LogP) is 8.35. The van der Waals surface area contributed by atoms with Gasteiger partial charge >= 0.3 is 5.69 Å². The topological polar surface area (TPSA) is 134 Å². The molecular weight excluding hydrogens is 594 g/mol. The Morgan fingerprint density at radius 1 is 0.702 bits per heavy atom. The fourth-order valence-corrected chi connectivity index (χ4v) is 6.59. The Bertz CT molecular complexity index is 973. The van der Waals surface area contributed by atoms with Crippen molar-refractivity contribution < 1.29 is 24.9 Å². The molecule has 272 valence electrons. The van der Waals surface area contributed by atoms with E-state index < -0.39 is 36.8 Å². The zero-order valence-corrected chi connectivity index (χ0v) is 29.7. The minimum atomic E-state index is -1.37. The monoisotopic (exact) mass is 664 g/mol. The molecule has 0 bridgehead atoms. The van der Waals surface area contributed by atoms with Gasteiger partial charge in [0.1, 0.15) is 24.1 Å². The summed E-state index contributed by atoms with van der Waals surface area (Å²) in [5.41, 5.74) is -0.724. The van der Waals surface area contributed by atoms with E-state index in [-0.39, 0.29) is 11.7 Å². The fourth-order valence-electron chi connectivity index (χ4n) is 6.59. The highest BCUT2D eigenvalue weighted by Crippen LogP contribution is 2.28. The third-order valence-electron chi connectivity index (χ3n) is 9.65. The number of ether oxygens (including phenoxy) is 1. The first-order valence-electron chi connectivity index (χ1n) is 19.5. The van der Waals surface area contributed by atoms with Crippen molar-refractivity contribution in [3.63, 3.8) is 0 Å². The van der Waals surface area contributed by atoms with E-state index in [0.29, 0.717) is 6.42 Å². The average molecular weight is 664 g/mol. The second-order valence-corrected chi connectivity index (χ2v) is 13.9. The smallest absolute Gasteiger partial charge is 0.351 e. The maximum absolute atomic E-state index is 12.4. The summed E-state index contributed by atoms with van der Waals surface area (Å²) in [7, 11) is 0. The van der Waals surface area contributed by atoms with Crippen LogP contribution in [0.25, 0.3) is 0 Å². The van der Waals surface area contributed by atoms with Gasteiger partial charge in [0.15, 0.2) is 6.23 Å². The molecule has 1 aromatic rings. The van der Waals surface area contributed by atoms with Crippen molar-refractivity contribution in [2.75, 3.05) is 11.9 Å². The Kier molecular flexibility index (Phi) is 23.8. The summed E-state index contributed by atoms with van der Waals surface area (Å²) in [4.78, 5) is 28.6. The third kappa shape index (κ3) is 18.5. The lowest BCUT2D eigenvalue weighted by Gasteiger charge is -2.17. The quantitative estimate of drug-likeness (QED) is 0.0608. The molecule has 1 aliphatic rings. The first kappa shape index (κ1) is 41.4. The van der Waals surface area contributed by atoms with Crippen molar-refractivity contribution in [1.82, 2.24) is 9.55 Å². The van der Waals surface area contributed by atoms with Gasteiger partial charge in [0, 0.05) is 12.6 Å². The Hall–Kier alpha value is -1.81. The molecule has 0 aromatic carbocycles. The van der Waals surface area contributed by atoms with Crippen LogP contribution in [0.15, 0.2) is 17.1 Å². The molecule has 0 saturated carbocycles. The number of carbonyl (C=O) groups is 1. The third-order valence-corrected chi connectivity index (χ3v) is 9.65. The Morgan fingerprint density at radius 2 is 1.11 bits per heavy atom. The summed E-state index contributed by atoms with van der Waals surface area (Å²) < 4.78 is 6.41. The van der Waals surface area contributed by atoms with E-state index in [4.69, 9.17) is 4.74 Å². The second-order valence-electron chi connectivity index (χ2n) is 13.9. The Labute approximate surface area is 285 Å². The van der Waals surface area contributed by atoms with E-state index in [2.05, 4.69) is 17.2 Å². The first-order chi connectivity index (χ1) is 23.0. The van der Waals surface area contributed by atoms with Gasteiger partial charge in [0.05, 0.1) is 6.61 Å². The van der Waals surface area contributed by atoms with Crippen molar-refractivity contribution in [1.29, 1.82) is 0 Å². The highest BCUT2D eigenvalue weighted by Gasteiger charge is 2.43. The molecule has 2 heterocycles. The number of unbranched alkanes of at least 4 members (excludes halogenated alkanes) is 25. The summed E-state index contributed by atoms with van der Waals surface area (Å²) in [6.45, 7) is 1.81. The number of carbonyl (C=O) groups excluding carboxylic acids is 1. The molecule has 2 rings (SSSR count). The van der Waals surface area contributed by atoms with Crippen LogP contribution in [0.1, 0.15) is 187 Å². The van der Waals surface area contributed by atoms with E-state index in [9.17, 15) is 24.9 Å². The van der Waals surface area contributed by atoms with E-state index in [1.54, 1.807) is 0 Å². The van der Waals surface area contributed by atoms with Crippen LogP contribution in [0.2, 0.25) is 0 Å². The largest absolute Gasteiger partial charge is 0.394 e. The van der Waals surface area contributed by atoms with Gasteiger partial charge in [-0.05, 0) is 12.5 Å². The summed E-state index contributed by atoms with van der Waals surface area (Å²) in [6.07, 6.45) is 32.0. The molecule has 1 aromatic heterocycles. The molecule has 4 N–H and O–H groups in total. The predicted molar refractivity (Wildman–Crippen MR) is 190 cm³/mol. The van der Waals surface area contributed by atoms with Gasteiger partial charge in [-0.2, -0.15) is 4.98 Å². The van der Waals surface area contributed by atoms with Crippen molar-refractivity contribution in [2.45, 2.75) is 205 Å². The molecule has 0 radical (unpaired) electrons. The molecule has 1 amide bonds. The van der Waals surface area contributed by atoms with Crippen LogP contribution < -0.4 is 11.0 Å². The molecule has 0 aliphatic carbocycles. The zero-order valence-electron chi connectivity index (χ0n) is 29.7. The lowest BCUT2D eigenvalue weighted by Crippen LogP contribution is -2.36. The van der Waals surface area contributed by atoms with Crippen molar-refractivity contribution in [2.24, 2.45) is 0 Å². The normalized spacial score (nSPS) is 19.4. The van der Waals surface area contributed by atoms with Gasteiger partial charge < -0.3 is 25.4 Å². The van der Waals surface area contributed by atoms with Crippen molar-refractivity contribution >= 4 is 11.7 Å². The number of hydrogen-bond acceptors (Lipinski definition) is 7. The van der Waals surface area contributed by atoms with E-state index in [1.807, 2.05) is 0 Å². The van der Waals surface area contributed by atoms with Crippen LogP contribution in [-0.2, 0) is 9.53 Å². The van der Waals surface area contributed by atoms with Gasteiger partial charge in [0.25, 0.3) is 0 Å². The maximum Gasteiger partial charge on any atom is 0.351 e. The van der Waals surface area contributed by atoms with Crippen LogP contribution in [0, 0.1) is 0 Å². The molecule has 9 heteroatoms. The number of aliphatic hydroxyl groups excluding tert-OH is 3. The minimum Gasteiger partial charge on any atom is -0.394 e. The van der Waals surface area contributed by atoms with Gasteiger partial charge in [-0.15, -0.1) is 0 Å². The molecule has 1 fully saturated rings. The highest BCUT2D eigenvalue weighted by atomic mass is 16.6. The van der Waals surface area contributed by atoms with Gasteiger partial charge in [-0.1, -0.05) is 167 Å². The Balaban J connectivity index is 1.32. The van der Waals surface area contributed by atoms with Crippen LogP contribution in [0.4, 0.5) is 5.82 Å². The molecule has 4 atom stereocenters. The van der Waals surface area contributed by atoms with Crippen LogP contribution in [0.3, 0.4) is 0 Å². The zero-order chi connectivity index (χ0) is 34.0. The molecule has 0 spiro atoms. The number of anilines is 1. The van der Waals surface area contributed by atoms with Gasteiger partial charge in [0.2, 0.25) is 5.91 Å². The SMILES string of the molecule is CCCCCCCCCCCCCCCCCCCCCCCCCCCCC(=O)Nc1ccn([C@@H]2O[C@H](CO)[C@@H](O)[C@@H]2O)c(=O)n1. The Morgan fingerprint density at radius 3 is 1.47 bits per heavy atom. The number of rotatable bonds is 30. The molecule has 1 aliphatic heterocycles. The summed E-state index contributed by atoms with van der Waals surface area (Å²) in [5.74, 6) is -0.0512. The molecule has 1 saturated heterocycles. The van der Waals surface area contributed by atoms with E-state index in [0.717, 1.165) is 23.8 Å². The van der Waals surface area contributed by atoms with Gasteiger partial charge in [-0.3, -0.25) is 9.36 Å². The highest BCUT2D eigenvalue weighted by molar-refractivity contribution is 5.89. The lowest BCUT2D eigenvalue weighted by atomic mass is 10.0. The fraction of sp³-hybridized carbons (Fsp3) is 0.868. The standard InChI is InChI=1S/C38H69N3O6/c1-2-3-4-5-6-7-8-9-10-11-12-13-14-15-16-17-18-19-20-21-22-23-24-25-26-27-28-34(43)39-33-29-30-41(38(46)40-33)37-36(45)35(44)32(31-42)47-37/h29-30,32,35-37,42,44-45H,2-28,31H2,1H3,(H,39,40,43,46)/t32-,35-,36+,37-/m1/s1. The molecule has 9 nitrogen and oxygen atoms in total. The first-order valence-corrected chi connectivity index (χ1v) is 19.5. The number of amides is 1. The van der Waals surface area contributed by atoms with Crippen LogP contribution >= 0.6 is 0 Å². The minimum absolute atomic E-state index is 0.137. The maximum atomic E-state index is 12.4. The van der Waals surface area contributed by atoms with Gasteiger partial charge in [-0.25, -0.2) is 4.79 Å². The van der Waals surface area contributed by atoms with Crippen LogP contribution in [-0.4, -0.2) is 55.7 Å². The number of nitrogens with one attached hydrogen (secondary N) is 1. The average Bonchev–Trinajstić information content (AvgIpc) is 3.35. The summed E-state index contributed by atoms with van der Waals surface area (Å²) in [6, 6.07) is 1.45. The number of aliphatic hydroxyl groups is 3.